The molecule has 0 bridgehead atoms. The van der Waals surface area contributed by atoms with E-state index in [1.54, 1.807) is 11.9 Å². The molecule has 11 heavy (non-hydrogen) atoms. The molecule has 2 N–H and O–H groups in total. The molecule has 1 saturated heterocycles. The molecule has 0 saturated carbocycles. The van der Waals surface area contributed by atoms with Gasteiger partial charge in [-0.25, -0.2) is 0 Å². The topological polar surface area (TPSA) is 24.1 Å². The normalized spacial score (nSPS) is 25.4. The molecule has 0 radical (unpaired) electrons. The maximum absolute atomic E-state index is 3.53. The van der Waals surface area contributed by atoms with Crippen molar-refractivity contribution >= 4 is 11.9 Å². The third kappa shape index (κ3) is 3.99. The highest BCUT2D eigenvalue weighted by molar-refractivity contribution is 7.96. The minimum atomic E-state index is 0.781. The second kappa shape index (κ2) is 5.86. The number of hydrogen-bond acceptors (Lipinski definition) is 3. The van der Waals surface area contributed by atoms with Crippen molar-refractivity contribution in [2.45, 2.75) is 31.7 Å². The summed E-state index contributed by atoms with van der Waals surface area (Å²) in [6, 6.07) is 0.781. The summed E-state index contributed by atoms with van der Waals surface area (Å²) in [7, 11) is 0. The molecule has 0 spiro atoms. The predicted octanol–water partition coefficient (Wildman–Crippen LogP) is 1.39. The smallest absolute Gasteiger partial charge is 0.00795 e. The molecule has 0 aromatic carbocycles. The Labute approximate surface area is 73.6 Å². The SMILES string of the molecule is CSNCCC1CCCCN1. The molecular formula is C8H18N2S. The predicted molar refractivity (Wildman–Crippen MR) is 51.8 cm³/mol. The van der Waals surface area contributed by atoms with Crippen LogP contribution in [0.2, 0.25) is 0 Å². The zero-order chi connectivity index (χ0) is 7.94. The lowest BCUT2D eigenvalue weighted by Gasteiger charge is -2.23. The van der Waals surface area contributed by atoms with E-state index < -0.39 is 0 Å². The van der Waals surface area contributed by atoms with Crippen LogP contribution < -0.4 is 10.0 Å². The lowest BCUT2D eigenvalue weighted by atomic mass is 10.0. The highest BCUT2D eigenvalue weighted by atomic mass is 32.2. The van der Waals surface area contributed by atoms with Crippen LogP contribution in [0.25, 0.3) is 0 Å². The lowest BCUT2D eigenvalue weighted by Crippen LogP contribution is -2.35. The van der Waals surface area contributed by atoms with Crippen LogP contribution in [0.15, 0.2) is 0 Å². The monoisotopic (exact) mass is 174 g/mol. The average Bonchev–Trinajstić information content (AvgIpc) is 2.07. The van der Waals surface area contributed by atoms with Gasteiger partial charge >= 0.3 is 0 Å². The van der Waals surface area contributed by atoms with E-state index >= 15 is 0 Å². The Hall–Kier alpha value is 0.270. The third-order valence-corrected chi connectivity index (χ3v) is 2.64. The summed E-state index contributed by atoms with van der Waals surface area (Å²) in [6.07, 6.45) is 7.51. The first-order valence-corrected chi connectivity index (χ1v) is 5.65. The molecule has 1 atom stereocenters. The largest absolute Gasteiger partial charge is 0.314 e. The molecule has 3 heteroatoms. The summed E-state index contributed by atoms with van der Waals surface area (Å²) in [4.78, 5) is 0. The molecule has 1 aliphatic heterocycles. The minimum absolute atomic E-state index is 0.781. The maximum Gasteiger partial charge on any atom is 0.00795 e. The molecule has 1 unspecified atom stereocenters. The van der Waals surface area contributed by atoms with Crippen LogP contribution in [0.5, 0.6) is 0 Å². The van der Waals surface area contributed by atoms with Crippen molar-refractivity contribution in [2.75, 3.05) is 19.3 Å². The quantitative estimate of drug-likeness (QED) is 0.497. The third-order valence-electron chi connectivity index (χ3n) is 2.15. The fourth-order valence-corrected chi connectivity index (χ4v) is 1.83. The maximum atomic E-state index is 3.53. The van der Waals surface area contributed by atoms with Crippen molar-refractivity contribution in [1.82, 2.24) is 10.0 Å². The van der Waals surface area contributed by atoms with Gasteiger partial charge in [-0.3, -0.25) is 4.72 Å². The highest BCUT2D eigenvalue weighted by Gasteiger charge is 2.10. The molecule has 1 heterocycles. The molecule has 1 rings (SSSR count). The summed E-state index contributed by atoms with van der Waals surface area (Å²) < 4.78 is 3.27. The fourth-order valence-electron chi connectivity index (χ4n) is 1.51. The van der Waals surface area contributed by atoms with Gasteiger partial charge in [-0.05, 0) is 32.1 Å². The van der Waals surface area contributed by atoms with Gasteiger partial charge in [0.1, 0.15) is 0 Å². The van der Waals surface area contributed by atoms with Crippen LogP contribution in [0.4, 0.5) is 0 Å². The van der Waals surface area contributed by atoms with Gasteiger partial charge in [0.05, 0.1) is 0 Å². The van der Waals surface area contributed by atoms with E-state index in [1.807, 2.05) is 0 Å². The fraction of sp³-hybridized carbons (Fsp3) is 1.00. The molecule has 0 amide bonds. The summed E-state index contributed by atoms with van der Waals surface area (Å²) in [5, 5.41) is 3.53. The number of hydrogen-bond donors (Lipinski definition) is 2. The summed E-state index contributed by atoms with van der Waals surface area (Å²) >= 11 is 1.71. The number of piperidine rings is 1. The van der Waals surface area contributed by atoms with E-state index in [1.165, 1.54) is 32.2 Å². The van der Waals surface area contributed by atoms with Gasteiger partial charge in [0.15, 0.2) is 0 Å². The van der Waals surface area contributed by atoms with Crippen LogP contribution in [-0.4, -0.2) is 25.4 Å². The zero-order valence-electron chi connectivity index (χ0n) is 7.23. The van der Waals surface area contributed by atoms with Crippen LogP contribution in [0, 0.1) is 0 Å². The second-order valence-electron chi connectivity index (χ2n) is 3.03. The van der Waals surface area contributed by atoms with Gasteiger partial charge in [0, 0.05) is 12.6 Å². The summed E-state index contributed by atoms with van der Waals surface area (Å²) in [6.45, 7) is 2.36. The summed E-state index contributed by atoms with van der Waals surface area (Å²) in [5.74, 6) is 0. The molecule has 0 aromatic rings. The molecule has 1 aliphatic rings. The first kappa shape index (κ1) is 9.36. The van der Waals surface area contributed by atoms with E-state index in [-0.39, 0.29) is 0 Å². The van der Waals surface area contributed by atoms with E-state index in [0.717, 1.165) is 12.6 Å². The van der Waals surface area contributed by atoms with Crippen LogP contribution in [-0.2, 0) is 0 Å². The Morgan fingerprint density at radius 1 is 1.55 bits per heavy atom. The molecule has 66 valence electrons. The van der Waals surface area contributed by atoms with E-state index in [0.29, 0.717) is 0 Å². The van der Waals surface area contributed by atoms with Crippen molar-refractivity contribution in [3.8, 4) is 0 Å². The van der Waals surface area contributed by atoms with Gasteiger partial charge in [0.25, 0.3) is 0 Å². The standard InChI is InChI=1S/C8H18N2S/c1-11-10-7-5-8-4-2-3-6-9-8/h8-10H,2-7H2,1H3. The Morgan fingerprint density at radius 3 is 3.09 bits per heavy atom. The molecule has 1 fully saturated rings. The first-order chi connectivity index (χ1) is 5.43. The van der Waals surface area contributed by atoms with E-state index in [2.05, 4.69) is 16.3 Å². The lowest BCUT2D eigenvalue weighted by molar-refractivity contribution is 0.384. The van der Waals surface area contributed by atoms with Gasteiger partial charge in [0.2, 0.25) is 0 Å². The Kier molecular flexibility index (Phi) is 4.99. The van der Waals surface area contributed by atoms with Crippen molar-refractivity contribution in [1.29, 1.82) is 0 Å². The van der Waals surface area contributed by atoms with Crippen molar-refractivity contribution < 1.29 is 0 Å². The average molecular weight is 174 g/mol. The Balaban J connectivity index is 1.96. The Morgan fingerprint density at radius 2 is 2.45 bits per heavy atom. The summed E-state index contributed by atoms with van der Waals surface area (Å²) in [5.41, 5.74) is 0. The highest BCUT2D eigenvalue weighted by Crippen LogP contribution is 2.09. The Bertz CT molecular complexity index is 92.1. The second-order valence-corrected chi connectivity index (χ2v) is 3.73. The van der Waals surface area contributed by atoms with Crippen LogP contribution >= 0.6 is 11.9 Å². The van der Waals surface area contributed by atoms with Crippen LogP contribution in [0.1, 0.15) is 25.7 Å². The number of rotatable bonds is 4. The first-order valence-electron chi connectivity index (χ1n) is 4.42. The molecule has 0 aromatic heterocycles. The molecular weight excluding hydrogens is 156 g/mol. The number of nitrogens with one attached hydrogen (secondary N) is 2. The molecule has 2 nitrogen and oxygen atoms in total. The van der Waals surface area contributed by atoms with Gasteiger partial charge in [-0.15, -0.1) is 0 Å². The van der Waals surface area contributed by atoms with E-state index in [4.69, 9.17) is 0 Å². The minimum Gasteiger partial charge on any atom is -0.314 e. The van der Waals surface area contributed by atoms with Gasteiger partial charge in [-0.1, -0.05) is 18.4 Å². The molecule has 0 aliphatic carbocycles. The van der Waals surface area contributed by atoms with Crippen molar-refractivity contribution in [3.05, 3.63) is 0 Å². The van der Waals surface area contributed by atoms with E-state index in [9.17, 15) is 0 Å². The van der Waals surface area contributed by atoms with Crippen LogP contribution in [0.3, 0.4) is 0 Å². The zero-order valence-corrected chi connectivity index (χ0v) is 8.04. The van der Waals surface area contributed by atoms with Crippen molar-refractivity contribution in [3.63, 3.8) is 0 Å². The van der Waals surface area contributed by atoms with Gasteiger partial charge in [-0.2, -0.15) is 0 Å². The van der Waals surface area contributed by atoms with Gasteiger partial charge < -0.3 is 5.32 Å². The van der Waals surface area contributed by atoms with Crippen molar-refractivity contribution in [2.24, 2.45) is 0 Å².